The molecule has 0 N–H and O–H groups in total. The third-order valence-corrected chi connectivity index (χ3v) is 1.02. The molecule has 0 fully saturated rings. The van der Waals surface area contributed by atoms with Crippen molar-refractivity contribution in [3.05, 3.63) is 30.3 Å². The third-order valence-electron chi connectivity index (χ3n) is 0.941. The molecule has 1 aromatic rings. The van der Waals surface area contributed by atoms with Gasteiger partial charge in [-0.15, -0.1) is 0 Å². The summed E-state index contributed by atoms with van der Waals surface area (Å²) in [6, 6.07) is 8.65. The van der Waals surface area contributed by atoms with E-state index in [2.05, 4.69) is 18.6 Å². The van der Waals surface area contributed by atoms with Crippen molar-refractivity contribution in [2.24, 2.45) is 0 Å². The minimum absolute atomic E-state index is 0.461. The van der Waals surface area contributed by atoms with E-state index in [1.165, 1.54) is 6.42 Å². The van der Waals surface area contributed by atoms with Gasteiger partial charge in [-0.3, -0.25) is 0 Å². The van der Waals surface area contributed by atoms with E-state index in [-0.39, 0.29) is 0 Å². The molecule has 1 aromatic carbocycles. The highest BCUT2D eigenvalue weighted by atomic mass is 35.5. The Morgan fingerprint density at radius 2 is 1.77 bits per heavy atom. The van der Waals surface area contributed by atoms with E-state index in [0.717, 1.165) is 0 Å². The first-order chi connectivity index (χ1) is 6.20. The Morgan fingerprint density at radius 3 is 2.15 bits per heavy atom. The molecule has 0 aliphatic carbocycles. The van der Waals surface area contributed by atoms with Gasteiger partial charge in [0, 0.05) is 11.6 Å². The summed E-state index contributed by atoms with van der Waals surface area (Å²) >= 11 is 4.95. The fourth-order valence-electron chi connectivity index (χ4n) is 0.581. The van der Waals surface area contributed by atoms with Crippen molar-refractivity contribution in [3.8, 4) is 5.75 Å². The maximum atomic E-state index is 10.2. The van der Waals surface area contributed by atoms with Crippen LogP contribution in [0.1, 0.15) is 20.3 Å². The lowest BCUT2D eigenvalue weighted by atomic mass is 10.3. The Bertz CT molecular complexity index is 234. The topological polar surface area (TPSA) is 26.3 Å². The van der Waals surface area contributed by atoms with Crippen molar-refractivity contribution in [2.75, 3.05) is 0 Å². The van der Waals surface area contributed by atoms with Gasteiger partial charge in [0.1, 0.15) is 5.75 Å². The maximum absolute atomic E-state index is 10.2. The highest BCUT2D eigenvalue weighted by molar-refractivity contribution is 6.61. The molecule has 0 heterocycles. The molecule has 0 saturated carbocycles. The van der Waals surface area contributed by atoms with Gasteiger partial charge in [-0.2, -0.15) is 0 Å². The average Bonchev–Trinajstić information content (AvgIpc) is 2.06. The predicted molar refractivity (Wildman–Crippen MR) is 54.3 cm³/mol. The van der Waals surface area contributed by atoms with Crippen molar-refractivity contribution in [1.29, 1.82) is 0 Å². The van der Waals surface area contributed by atoms with E-state index in [1.807, 2.05) is 6.07 Å². The molecule has 0 aliphatic rings. The monoisotopic (exact) mass is 200 g/mol. The molecule has 0 aliphatic heterocycles. The Kier molecular flexibility index (Phi) is 7.02. The summed E-state index contributed by atoms with van der Waals surface area (Å²) in [6.07, 6.45) is 1.25. The lowest BCUT2D eigenvalue weighted by Crippen LogP contribution is -1.94. The summed E-state index contributed by atoms with van der Waals surface area (Å²) in [5.74, 6) is 0.461. The molecule has 1 rings (SSSR count). The lowest BCUT2D eigenvalue weighted by Gasteiger charge is -1.95. The number of para-hydroxylation sites is 1. The zero-order chi connectivity index (χ0) is 10.1. The van der Waals surface area contributed by atoms with Crippen LogP contribution in [0.15, 0.2) is 30.3 Å². The Morgan fingerprint density at radius 1 is 1.31 bits per heavy atom. The van der Waals surface area contributed by atoms with Gasteiger partial charge in [0.2, 0.25) is 0 Å². The van der Waals surface area contributed by atoms with E-state index < -0.39 is 5.43 Å². The molecule has 0 bridgehead atoms. The van der Waals surface area contributed by atoms with Gasteiger partial charge >= 0.3 is 5.43 Å². The van der Waals surface area contributed by atoms with Crippen molar-refractivity contribution >= 4 is 17.0 Å². The first-order valence-electron chi connectivity index (χ1n) is 4.13. The number of carbonyl (C=O) groups excluding carboxylic acids is 1. The first-order valence-corrected chi connectivity index (χ1v) is 4.50. The molecule has 0 saturated heterocycles. The van der Waals surface area contributed by atoms with Gasteiger partial charge in [0.15, 0.2) is 0 Å². The summed E-state index contributed by atoms with van der Waals surface area (Å²) in [5, 5.41) is 0. The number of halogens is 1. The van der Waals surface area contributed by atoms with E-state index in [1.54, 1.807) is 24.3 Å². The number of ether oxygens (including phenoxy) is 1. The molecule has 0 amide bonds. The minimum Gasteiger partial charge on any atom is -0.415 e. The molecule has 3 heteroatoms. The number of carbonyl (C=O) groups is 1. The molecule has 0 unspecified atom stereocenters. The highest BCUT2D eigenvalue weighted by Crippen LogP contribution is 2.09. The molecular formula is C10H13ClO2. The smallest absolute Gasteiger partial charge is 0.409 e. The fraction of sp³-hybridized carbons (Fsp3) is 0.300. The standard InChI is InChI=1S/C7H5ClO2.C3H8/c8-7(9)10-6-4-2-1-3-5-6;1-3-2/h1-5H;3H2,1-2H3. The van der Waals surface area contributed by atoms with Crippen LogP contribution in [0, 0.1) is 0 Å². The largest absolute Gasteiger partial charge is 0.415 e. The van der Waals surface area contributed by atoms with Crippen molar-refractivity contribution in [2.45, 2.75) is 20.3 Å². The van der Waals surface area contributed by atoms with Crippen LogP contribution in [-0.2, 0) is 0 Å². The third kappa shape index (κ3) is 7.34. The van der Waals surface area contributed by atoms with Crippen LogP contribution in [0.5, 0.6) is 5.75 Å². The van der Waals surface area contributed by atoms with Gasteiger partial charge in [-0.05, 0) is 12.1 Å². The number of benzene rings is 1. The van der Waals surface area contributed by atoms with Crippen LogP contribution < -0.4 is 4.74 Å². The van der Waals surface area contributed by atoms with Crippen LogP contribution >= 0.6 is 11.6 Å². The second-order valence-electron chi connectivity index (χ2n) is 2.36. The zero-order valence-electron chi connectivity index (χ0n) is 7.79. The summed E-state index contributed by atoms with van der Waals surface area (Å²) in [4.78, 5) is 10.2. The quantitative estimate of drug-likeness (QED) is 0.644. The van der Waals surface area contributed by atoms with E-state index >= 15 is 0 Å². The molecule has 2 nitrogen and oxygen atoms in total. The summed E-state index contributed by atoms with van der Waals surface area (Å²) in [7, 11) is 0. The molecule has 0 atom stereocenters. The Hall–Kier alpha value is -1.02. The maximum Gasteiger partial charge on any atom is 0.409 e. The molecular weight excluding hydrogens is 188 g/mol. The van der Waals surface area contributed by atoms with Gasteiger partial charge < -0.3 is 4.74 Å². The number of hydrogen-bond acceptors (Lipinski definition) is 2. The second kappa shape index (κ2) is 7.62. The molecule has 0 spiro atoms. The van der Waals surface area contributed by atoms with Crippen LogP contribution in [-0.4, -0.2) is 5.43 Å². The molecule has 72 valence electrons. The Balaban J connectivity index is 0.000000424. The first kappa shape index (κ1) is 12.0. The molecule has 13 heavy (non-hydrogen) atoms. The highest BCUT2D eigenvalue weighted by Gasteiger charge is 1.95. The SMILES string of the molecule is CCC.O=C(Cl)Oc1ccccc1. The van der Waals surface area contributed by atoms with Crippen molar-refractivity contribution < 1.29 is 9.53 Å². The van der Waals surface area contributed by atoms with Crippen molar-refractivity contribution in [3.63, 3.8) is 0 Å². The summed E-state index contributed by atoms with van der Waals surface area (Å²) < 4.78 is 4.54. The summed E-state index contributed by atoms with van der Waals surface area (Å²) in [5.41, 5.74) is -0.814. The second-order valence-corrected chi connectivity index (χ2v) is 2.67. The van der Waals surface area contributed by atoms with E-state index in [9.17, 15) is 4.79 Å². The normalized spacial score (nSPS) is 8.23. The van der Waals surface area contributed by atoms with Gasteiger partial charge in [0.25, 0.3) is 0 Å². The van der Waals surface area contributed by atoms with E-state index in [0.29, 0.717) is 5.75 Å². The van der Waals surface area contributed by atoms with Crippen LogP contribution in [0.2, 0.25) is 0 Å². The zero-order valence-corrected chi connectivity index (χ0v) is 8.54. The summed E-state index contributed by atoms with van der Waals surface area (Å²) in [6.45, 7) is 4.25. The molecule has 0 radical (unpaired) electrons. The average molecular weight is 201 g/mol. The predicted octanol–water partition coefficient (Wildman–Crippen LogP) is 3.84. The lowest BCUT2D eigenvalue weighted by molar-refractivity contribution is 0.225. The number of rotatable bonds is 1. The van der Waals surface area contributed by atoms with Crippen LogP contribution in [0.25, 0.3) is 0 Å². The Labute approximate surface area is 83.5 Å². The van der Waals surface area contributed by atoms with Gasteiger partial charge in [-0.1, -0.05) is 38.5 Å². The van der Waals surface area contributed by atoms with Crippen molar-refractivity contribution in [1.82, 2.24) is 0 Å². The number of hydrogen-bond donors (Lipinski definition) is 0. The van der Waals surface area contributed by atoms with Gasteiger partial charge in [-0.25, -0.2) is 4.79 Å². The fourth-order valence-corrected chi connectivity index (χ4v) is 0.670. The van der Waals surface area contributed by atoms with Crippen LogP contribution in [0.3, 0.4) is 0 Å². The van der Waals surface area contributed by atoms with Crippen LogP contribution in [0.4, 0.5) is 4.79 Å². The molecule has 0 aromatic heterocycles. The van der Waals surface area contributed by atoms with E-state index in [4.69, 9.17) is 11.6 Å². The van der Waals surface area contributed by atoms with Gasteiger partial charge in [0.05, 0.1) is 0 Å². The minimum atomic E-state index is -0.814.